The predicted octanol–water partition coefficient (Wildman–Crippen LogP) is 0.738. The van der Waals surface area contributed by atoms with Gasteiger partial charge in [0.15, 0.2) is 0 Å². The van der Waals surface area contributed by atoms with Crippen molar-refractivity contribution >= 4 is 12.6 Å². The number of rotatable bonds is 2. The van der Waals surface area contributed by atoms with Crippen molar-refractivity contribution in [1.29, 1.82) is 0 Å². The fraction of sp³-hybridized carbons (Fsp3) is 0. The van der Waals surface area contributed by atoms with E-state index in [2.05, 4.69) is 17.2 Å². The summed E-state index contributed by atoms with van der Waals surface area (Å²) in [5, 5.41) is 12.1. The lowest BCUT2D eigenvalue weighted by Gasteiger charge is -1.98. The first-order valence-electron chi connectivity index (χ1n) is 3.29. The van der Waals surface area contributed by atoms with Gasteiger partial charge in [0.05, 0.1) is 0 Å². The lowest BCUT2D eigenvalue weighted by atomic mass is 10.2. The van der Waals surface area contributed by atoms with E-state index in [1.807, 2.05) is 0 Å². The van der Waals surface area contributed by atoms with Gasteiger partial charge in [-0.25, -0.2) is 5.43 Å². The number of phenols is 1. The second-order valence-corrected chi connectivity index (χ2v) is 2.15. The summed E-state index contributed by atoms with van der Waals surface area (Å²) in [6, 6.07) is 5.85. The molecule has 1 rings (SSSR count). The summed E-state index contributed by atoms with van der Waals surface area (Å²) in [4.78, 5) is 11.0. The molecule has 1 aromatic carbocycles. The molecule has 0 aliphatic rings. The van der Waals surface area contributed by atoms with E-state index < -0.39 is 0 Å². The monoisotopic (exact) mass is 164 g/mol. The van der Waals surface area contributed by atoms with E-state index in [4.69, 9.17) is 5.11 Å². The summed E-state index contributed by atoms with van der Waals surface area (Å²) in [6.45, 7) is 3.11. The molecule has 62 valence electrons. The van der Waals surface area contributed by atoms with Gasteiger partial charge >= 0.3 is 0 Å². The number of benzene rings is 1. The molecule has 0 bridgehead atoms. The number of hydrogen-bond donors (Lipinski definition) is 2. The molecule has 2 N–H and O–H groups in total. The average Bonchev–Trinajstić information content (AvgIpc) is 2.06. The first-order valence-corrected chi connectivity index (χ1v) is 3.29. The maximum absolute atomic E-state index is 11.0. The summed E-state index contributed by atoms with van der Waals surface area (Å²) < 4.78 is 0. The van der Waals surface area contributed by atoms with Gasteiger partial charge in [-0.15, -0.1) is 0 Å². The van der Waals surface area contributed by atoms with E-state index in [1.165, 1.54) is 24.3 Å². The van der Waals surface area contributed by atoms with Gasteiger partial charge < -0.3 is 5.11 Å². The quantitative estimate of drug-likeness (QED) is 0.500. The van der Waals surface area contributed by atoms with Crippen LogP contribution in [0.15, 0.2) is 29.4 Å². The van der Waals surface area contributed by atoms with Crippen LogP contribution in [0.25, 0.3) is 0 Å². The number of nitrogens with zero attached hydrogens (tertiary/aromatic N) is 1. The molecule has 0 saturated carbocycles. The van der Waals surface area contributed by atoms with Gasteiger partial charge in [0.25, 0.3) is 5.91 Å². The molecule has 0 fully saturated rings. The maximum Gasteiger partial charge on any atom is 0.271 e. The van der Waals surface area contributed by atoms with E-state index in [0.717, 1.165) is 0 Å². The summed E-state index contributed by atoms with van der Waals surface area (Å²) in [7, 11) is 0. The smallest absolute Gasteiger partial charge is 0.271 e. The van der Waals surface area contributed by atoms with Crippen molar-refractivity contribution in [1.82, 2.24) is 5.43 Å². The van der Waals surface area contributed by atoms with Gasteiger partial charge in [-0.1, -0.05) is 0 Å². The van der Waals surface area contributed by atoms with E-state index in [9.17, 15) is 4.79 Å². The van der Waals surface area contributed by atoms with Crippen molar-refractivity contribution < 1.29 is 9.90 Å². The Morgan fingerprint density at radius 1 is 1.42 bits per heavy atom. The van der Waals surface area contributed by atoms with Gasteiger partial charge in [0, 0.05) is 12.3 Å². The van der Waals surface area contributed by atoms with Gasteiger partial charge in [-0.2, -0.15) is 5.10 Å². The molecule has 0 saturated heterocycles. The normalized spacial score (nSPS) is 9.00. The molecule has 0 heterocycles. The van der Waals surface area contributed by atoms with Crippen LogP contribution < -0.4 is 5.43 Å². The zero-order chi connectivity index (χ0) is 8.97. The Labute approximate surface area is 69.5 Å². The molecule has 4 heteroatoms. The van der Waals surface area contributed by atoms with Gasteiger partial charge in [-0.05, 0) is 24.3 Å². The molecule has 4 nitrogen and oxygen atoms in total. The van der Waals surface area contributed by atoms with Crippen molar-refractivity contribution in [3.63, 3.8) is 0 Å². The topological polar surface area (TPSA) is 61.7 Å². The Kier molecular flexibility index (Phi) is 2.42. The average molecular weight is 164 g/mol. The van der Waals surface area contributed by atoms with Crippen LogP contribution in [0.2, 0.25) is 0 Å². The van der Waals surface area contributed by atoms with Crippen molar-refractivity contribution in [2.24, 2.45) is 5.10 Å². The van der Waals surface area contributed by atoms with Crippen LogP contribution in [0, 0.1) is 0 Å². The second-order valence-electron chi connectivity index (χ2n) is 2.15. The third kappa shape index (κ3) is 1.82. The highest BCUT2D eigenvalue weighted by molar-refractivity contribution is 5.94. The highest BCUT2D eigenvalue weighted by Crippen LogP contribution is 2.08. The van der Waals surface area contributed by atoms with E-state index >= 15 is 0 Å². The summed E-state index contributed by atoms with van der Waals surface area (Å²) in [5.41, 5.74) is 2.61. The molecule has 0 aromatic heterocycles. The number of amides is 1. The lowest BCUT2D eigenvalue weighted by molar-refractivity contribution is 0.0955. The number of hydrazone groups is 1. The first kappa shape index (κ1) is 8.26. The minimum absolute atomic E-state index is 0.123. The van der Waals surface area contributed by atoms with E-state index in [1.54, 1.807) is 0 Å². The number of hydrogen-bond acceptors (Lipinski definition) is 3. The highest BCUT2D eigenvalue weighted by Gasteiger charge is 2.01. The largest absolute Gasteiger partial charge is 0.508 e. The van der Waals surface area contributed by atoms with Crippen LogP contribution in [0.1, 0.15) is 10.4 Å². The first-order chi connectivity index (χ1) is 5.74. The van der Waals surface area contributed by atoms with E-state index in [0.29, 0.717) is 5.56 Å². The number of carbonyl (C=O) groups is 1. The van der Waals surface area contributed by atoms with Crippen LogP contribution in [-0.2, 0) is 0 Å². The standard InChI is InChI=1S/C8H8N2O2/c1-9-10-8(12)6-2-4-7(11)5-3-6/h2-5,11H,1H2,(H,10,12). The maximum atomic E-state index is 11.0. The Balaban J connectivity index is 2.82. The van der Waals surface area contributed by atoms with Gasteiger partial charge in [0.1, 0.15) is 5.75 Å². The van der Waals surface area contributed by atoms with E-state index in [-0.39, 0.29) is 11.7 Å². The Bertz CT molecular complexity index is 292. The number of carbonyl (C=O) groups excluding carboxylic acids is 1. The summed E-state index contributed by atoms with van der Waals surface area (Å²) in [6.07, 6.45) is 0. The van der Waals surface area contributed by atoms with Crippen molar-refractivity contribution in [3.8, 4) is 5.75 Å². The van der Waals surface area contributed by atoms with Crippen LogP contribution >= 0.6 is 0 Å². The zero-order valence-electron chi connectivity index (χ0n) is 6.32. The van der Waals surface area contributed by atoms with Crippen LogP contribution in [0.3, 0.4) is 0 Å². The zero-order valence-corrected chi connectivity index (χ0v) is 6.32. The fourth-order valence-corrected chi connectivity index (χ4v) is 0.749. The van der Waals surface area contributed by atoms with Crippen molar-refractivity contribution in [2.45, 2.75) is 0 Å². The molecule has 1 amide bonds. The molecule has 0 spiro atoms. The minimum Gasteiger partial charge on any atom is -0.508 e. The molecule has 0 unspecified atom stereocenters. The van der Waals surface area contributed by atoms with Crippen molar-refractivity contribution in [3.05, 3.63) is 29.8 Å². The Morgan fingerprint density at radius 3 is 2.50 bits per heavy atom. The second kappa shape index (κ2) is 3.52. The van der Waals surface area contributed by atoms with Crippen LogP contribution in [-0.4, -0.2) is 17.7 Å². The number of phenolic OH excluding ortho intramolecular Hbond substituents is 1. The molecular formula is C8H8N2O2. The molecule has 0 aliphatic carbocycles. The Morgan fingerprint density at radius 2 is 2.00 bits per heavy atom. The molecular weight excluding hydrogens is 156 g/mol. The molecule has 12 heavy (non-hydrogen) atoms. The van der Waals surface area contributed by atoms with Crippen LogP contribution in [0.4, 0.5) is 0 Å². The van der Waals surface area contributed by atoms with Crippen LogP contribution in [0.5, 0.6) is 5.75 Å². The number of aromatic hydroxyl groups is 1. The minimum atomic E-state index is -0.343. The molecule has 0 radical (unpaired) electrons. The molecule has 0 atom stereocenters. The van der Waals surface area contributed by atoms with Gasteiger partial charge in [-0.3, -0.25) is 4.79 Å². The third-order valence-electron chi connectivity index (χ3n) is 1.31. The Hall–Kier alpha value is -1.84. The molecule has 1 aromatic rings. The highest BCUT2D eigenvalue weighted by atomic mass is 16.3. The fourth-order valence-electron chi connectivity index (χ4n) is 0.749. The van der Waals surface area contributed by atoms with Crippen molar-refractivity contribution in [2.75, 3.05) is 0 Å². The lowest BCUT2D eigenvalue weighted by Crippen LogP contribution is -2.16. The predicted molar refractivity (Wildman–Crippen MR) is 45.1 cm³/mol. The number of nitrogens with one attached hydrogen (secondary N) is 1. The molecule has 0 aliphatic heterocycles. The van der Waals surface area contributed by atoms with Gasteiger partial charge in [0.2, 0.25) is 0 Å². The third-order valence-corrected chi connectivity index (χ3v) is 1.31. The summed E-state index contributed by atoms with van der Waals surface area (Å²) >= 11 is 0. The summed E-state index contributed by atoms with van der Waals surface area (Å²) in [5.74, 6) is -0.219. The SMILES string of the molecule is C=NNC(=O)c1ccc(O)cc1.